The van der Waals surface area contributed by atoms with Crippen LogP contribution in [0.15, 0.2) is 52.9 Å². The number of anilines is 2. The molecule has 0 saturated heterocycles. The van der Waals surface area contributed by atoms with Crippen molar-refractivity contribution in [2.45, 2.75) is 20.3 Å². The lowest BCUT2D eigenvalue weighted by Crippen LogP contribution is -2.20. The van der Waals surface area contributed by atoms with Crippen molar-refractivity contribution in [3.8, 4) is 17.2 Å². The third-order valence-corrected chi connectivity index (χ3v) is 3.73. The van der Waals surface area contributed by atoms with Crippen molar-refractivity contribution in [1.29, 1.82) is 0 Å². The molecule has 1 heterocycles. The molecule has 0 radical (unpaired) electrons. The van der Waals surface area contributed by atoms with Crippen LogP contribution in [0.25, 0.3) is 11.5 Å². The van der Waals surface area contributed by atoms with Crippen LogP contribution in [0.3, 0.4) is 0 Å². The van der Waals surface area contributed by atoms with Crippen LogP contribution in [-0.4, -0.2) is 28.6 Å². The molecule has 0 unspecified atom stereocenters. The van der Waals surface area contributed by atoms with Crippen molar-refractivity contribution in [2.24, 2.45) is 0 Å². The van der Waals surface area contributed by atoms with Crippen molar-refractivity contribution in [2.75, 3.05) is 17.2 Å². The van der Waals surface area contributed by atoms with Crippen LogP contribution in [0.4, 0.5) is 11.4 Å². The fourth-order valence-corrected chi connectivity index (χ4v) is 2.39. The number of carbonyl (C=O) groups is 2. The van der Waals surface area contributed by atoms with Crippen molar-refractivity contribution < 1.29 is 18.7 Å². The number of aryl methyl sites for hydroxylation is 1. The van der Waals surface area contributed by atoms with Gasteiger partial charge in [0.25, 0.3) is 5.91 Å². The first kappa shape index (κ1) is 19.1. The smallest absolute Gasteiger partial charge is 0.262 e. The number of ether oxygens (including phenoxy) is 1. The Hall–Kier alpha value is -3.68. The van der Waals surface area contributed by atoms with Gasteiger partial charge < -0.3 is 19.8 Å². The normalized spacial score (nSPS) is 10.4. The van der Waals surface area contributed by atoms with Gasteiger partial charge in [0, 0.05) is 30.3 Å². The summed E-state index contributed by atoms with van der Waals surface area (Å²) in [6.07, 6.45) is 0.680. The summed E-state index contributed by atoms with van der Waals surface area (Å²) in [5.74, 6) is 1.14. The summed E-state index contributed by atoms with van der Waals surface area (Å²) < 4.78 is 11.0. The van der Waals surface area contributed by atoms with Gasteiger partial charge in [-0.05, 0) is 48.5 Å². The first-order valence-corrected chi connectivity index (χ1v) is 8.76. The SMILES string of the molecule is CCc1nnc(-c2ccc(OCC(=O)Nc3ccc(NC(C)=O)cc3)cc2)o1. The molecule has 0 bridgehead atoms. The van der Waals surface area contributed by atoms with E-state index in [0.29, 0.717) is 35.3 Å². The number of hydrogen-bond donors (Lipinski definition) is 2. The maximum absolute atomic E-state index is 12.0. The van der Waals surface area contributed by atoms with Crippen LogP contribution in [0.5, 0.6) is 5.75 Å². The van der Waals surface area contributed by atoms with Crippen LogP contribution >= 0.6 is 0 Å². The number of rotatable bonds is 7. The molecular formula is C20H20N4O4. The Morgan fingerprint density at radius 2 is 1.61 bits per heavy atom. The van der Waals surface area contributed by atoms with Crippen LogP contribution in [-0.2, 0) is 16.0 Å². The first-order chi connectivity index (χ1) is 13.5. The van der Waals surface area contributed by atoms with E-state index in [1.54, 1.807) is 48.5 Å². The first-order valence-electron chi connectivity index (χ1n) is 8.76. The Morgan fingerprint density at radius 3 is 2.18 bits per heavy atom. The average molecular weight is 380 g/mol. The molecule has 28 heavy (non-hydrogen) atoms. The summed E-state index contributed by atoms with van der Waals surface area (Å²) >= 11 is 0. The molecule has 0 aliphatic carbocycles. The summed E-state index contributed by atoms with van der Waals surface area (Å²) in [5, 5.41) is 13.3. The zero-order valence-electron chi connectivity index (χ0n) is 15.6. The molecule has 2 N–H and O–H groups in total. The summed E-state index contributed by atoms with van der Waals surface area (Å²) in [6.45, 7) is 3.24. The van der Waals surface area contributed by atoms with E-state index < -0.39 is 0 Å². The van der Waals surface area contributed by atoms with Crippen LogP contribution in [0.2, 0.25) is 0 Å². The third kappa shape index (κ3) is 5.16. The van der Waals surface area contributed by atoms with E-state index in [4.69, 9.17) is 9.15 Å². The summed E-state index contributed by atoms with van der Waals surface area (Å²) in [7, 11) is 0. The lowest BCUT2D eigenvalue weighted by molar-refractivity contribution is -0.118. The van der Waals surface area contributed by atoms with Gasteiger partial charge in [0.2, 0.25) is 17.7 Å². The number of benzene rings is 2. The minimum absolute atomic E-state index is 0.132. The number of hydrogen-bond acceptors (Lipinski definition) is 6. The topological polar surface area (TPSA) is 106 Å². The average Bonchev–Trinajstić information content (AvgIpc) is 3.17. The Balaban J connectivity index is 1.50. The molecule has 0 aliphatic rings. The third-order valence-electron chi connectivity index (χ3n) is 3.73. The standard InChI is InChI=1S/C20H20N4O4/c1-3-19-23-24-20(28-19)14-4-10-17(11-5-14)27-12-18(26)22-16-8-6-15(7-9-16)21-13(2)25/h4-11H,3,12H2,1-2H3,(H,21,25)(H,22,26). The number of amides is 2. The Labute approximate surface area is 161 Å². The highest BCUT2D eigenvalue weighted by atomic mass is 16.5. The van der Waals surface area contributed by atoms with Gasteiger partial charge in [-0.15, -0.1) is 10.2 Å². The van der Waals surface area contributed by atoms with Gasteiger partial charge in [0.05, 0.1) is 0 Å². The number of carbonyl (C=O) groups excluding carboxylic acids is 2. The molecule has 1 aromatic heterocycles. The monoisotopic (exact) mass is 380 g/mol. The zero-order chi connectivity index (χ0) is 19.9. The summed E-state index contributed by atoms with van der Waals surface area (Å²) in [4.78, 5) is 23.0. The van der Waals surface area contributed by atoms with E-state index in [2.05, 4.69) is 20.8 Å². The predicted molar refractivity (Wildman–Crippen MR) is 104 cm³/mol. The van der Waals surface area contributed by atoms with Gasteiger partial charge in [0.15, 0.2) is 6.61 Å². The molecule has 3 aromatic rings. The second-order valence-electron chi connectivity index (χ2n) is 5.97. The van der Waals surface area contributed by atoms with Gasteiger partial charge >= 0.3 is 0 Å². The second-order valence-corrected chi connectivity index (χ2v) is 5.97. The zero-order valence-corrected chi connectivity index (χ0v) is 15.6. The maximum Gasteiger partial charge on any atom is 0.262 e. The van der Waals surface area contributed by atoms with Gasteiger partial charge in [0.1, 0.15) is 5.75 Å². The van der Waals surface area contributed by atoms with E-state index in [0.717, 1.165) is 5.56 Å². The van der Waals surface area contributed by atoms with Crippen LogP contribution < -0.4 is 15.4 Å². The minimum atomic E-state index is -0.291. The minimum Gasteiger partial charge on any atom is -0.484 e. The second kappa shape index (κ2) is 8.81. The highest BCUT2D eigenvalue weighted by molar-refractivity contribution is 5.93. The largest absolute Gasteiger partial charge is 0.484 e. The van der Waals surface area contributed by atoms with Crippen molar-refractivity contribution >= 4 is 23.2 Å². The van der Waals surface area contributed by atoms with Crippen molar-refractivity contribution in [1.82, 2.24) is 10.2 Å². The molecule has 8 nitrogen and oxygen atoms in total. The van der Waals surface area contributed by atoms with E-state index >= 15 is 0 Å². The quantitative estimate of drug-likeness (QED) is 0.651. The highest BCUT2D eigenvalue weighted by Crippen LogP contribution is 2.21. The number of nitrogens with zero attached hydrogens (tertiary/aromatic N) is 2. The molecule has 0 aliphatic heterocycles. The van der Waals surface area contributed by atoms with Crippen LogP contribution in [0.1, 0.15) is 19.7 Å². The predicted octanol–water partition coefficient (Wildman–Crippen LogP) is 3.27. The molecule has 144 valence electrons. The number of nitrogens with one attached hydrogen (secondary N) is 2. The van der Waals surface area contributed by atoms with Gasteiger partial charge in [-0.2, -0.15) is 0 Å². The Morgan fingerprint density at radius 1 is 0.964 bits per heavy atom. The maximum atomic E-state index is 12.0. The molecular weight excluding hydrogens is 360 g/mol. The number of aromatic nitrogens is 2. The highest BCUT2D eigenvalue weighted by Gasteiger charge is 2.08. The van der Waals surface area contributed by atoms with Crippen molar-refractivity contribution in [3.63, 3.8) is 0 Å². The molecule has 0 saturated carbocycles. The Bertz CT molecular complexity index is 949. The molecule has 0 fully saturated rings. The molecule has 3 rings (SSSR count). The molecule has 0 spiro atoms. The van der Waals surface area contributed by atoms with Gasteiger partial charge in [-0.25, -0.2) is 0 Å². The van der Waals surface area contributed by atoms with Crippen molar-refractivity contribution in [3.05, 3.63) is 54.4 Å². The van der Waals surface area contributed by atoms with Gasteiger partial charge in [-0.3, -0.25) is 9.59 Å². The molecule has 0 atom stereocenters. The lowest BCUT2D eigenvalue weighted by atomic mass is 10.2. The van der Waals surface area contributed by atoms with E-state index in [1.165, 1.54) is 6.92 Å². The molecule has 2 amide bonds. The fraction of sp³-hybridized carbons (Fsp3) is 0.200. The molecule has 8 heteroatoms. The summed E-state index contributed by atoms with van der Waals surface area (Å²) in [6, 6.07) is 13.9. The fourth-order valence-electron chi connectivity index (χ4n) is 2.39. The lowest BCUT2D eigenvalue weighted by Gasteiger charge is -2.09. The van der Waals surface area contributed by atoms with E-state index in [1.807, 2.05) is 6.92 Å². The molecule has 2 aromatic carbocycles. The van der Waals surface area contributed by atoms with Gasteiger partial charge in [-0.1, -0.05) is 6.92 Å². The van der Waals surface area contributed by atoms with Crippen LogP contribution in [0, 0.1) is 0 Å². The van der Waals surface area contributed by atoms with E-state index in [-0.39, 0.29) is 18.4 Å². The summed E-state index contributed by atoms with van der Waals surface area (Å²) in [5.41, 5.74) is 2.05. The van der Waals surface area contributed by atoms with E-state index in [9.17, 15) is 9.59 Å². The Kier molecular flexibility index (Phi) is 6.01.